The average Bonchev–Trinajstić information content (AvgIpc) is 3.59. The minimum atomic E-state index is -2.63. The lowest BCUT2D eigenvalue weighted by Crippen LogP contribution is -2.90. The molecule has 4 amide bonds. The summed E-state index contributed by atoms with van der Waals surface area (Å²) in [6.45, 7) is 4.37. The number of nitrogens with two attached hydrogens (primary N) is 2. The van der Waals surface area contributed by atoms with E-state index >= 15 is 0 Å². The third-order valence-corrected chi connectivity index (χ3v) is 9.59. The molecule has 9 N–H and O–H groups in total. The molecular formula is C27H36N9O6+. The highest BCUT2D eigenvalue weighted by Crippen LogP contribution is 2.43. The van der Waals surface area contributed by atoms with Gasteiger partial charge in [-0.25, -0.2) is 15.1 Å². The van der Waals surface area contributed by atoms with E-state index in [2.05, 4.69) is 34.5 Å². The summed E-state index contributed by atoms with van der Waals surface area (Å²) in [5.74, 6) is -3.07. The van der Waals surface area contributed by atoms with Gasteiger partial charge in [0, 0.05) is 11.6 Å². The van der Waals surface area contributed by atoms with Crippen LogP contribution in [0.15, 0.2) is 23.2 Å². The highest BCUT2D eigenvalue weighted by Gasteiger charge is 2.76. The number of ether oxygens (including phenoxy) is 1. The first-order valence-corrected chi connectivity index (χ1v) is 14.3. The van der Waals surface area contributed by atoms with Crippen molar-refractivity contribution in [2.24, 2.45) is 16.5 Å². The van der Waals surface area contributed by atoms with Gasteiger partial charge in [-0.15, -0.1) is 0 Å². The first-order chi connectivity index (χ1) is 19.8. The zero-order valence-corrected chi connectivity index (χ0v) is 23.5. The Morgan fingerprint density at radius 3 is 2.76 bits per heavy atom. The van der Waals surface area contributed by atoms with Crippen molar-refractivity contribution in [3.05, 3.63) is 29.3 Å². The second kappa shape index (κ2) is 8.70. The average molecular weight is 583 g/mol. The minimum Gasteiger partial charge on any atom is -0.492 e. The molecule has 1 spiro atoms. The number of para-hydroxylation sites is 1. The fourth-order valence-electron chi connectivity index (χ4n) is 7.10. The number of guanidine groups is 2. The first-order valence-electron chi connectivity index (χ1n) is 14.3. The smallest absolute Gasteiger partial charge is 0.343 e. The van der Waals surface area contributed by atoms with Crippen molar-refractivity contribution in [3.63, 3.8) is 0 Å². The second-order valence-electron chi connectivity index (χ2n) is 12.7. The molecule has 1 aromatic carbocycles. The number of hydrogen-bond acceptors (Lipinski definition) is 11. The molecule has 0 bridgehead atoms. The molecule has 6 aliphatic rings. The Bertz CT molecular complexity index is 1460. The van der Waals surface area contributed by atoms with E-state index in [1.165, 1.54) is 4.90 Å². The molecule has 15 heteroatoms. The summed E-state index contributed by atoms with van der Waals surface area (Å²) in [4.78, 5) is 51.2. The molecule has 5 aliphatic heterocycles. The Morgan fingerprint density at radius 1 is 1.26 bits per heavy atom. The van der Waals surface area contributed by atoms with Crippen LogP contribution in [-0.2, 0) is 10.2 Å². The van der Waals surface area contributed by atoms with Gasteiger partial charge in [0.2, 0.25) is 11.7 Å². The minimum absolute atomic E-state index is 0.000574. The van der Waals surface area contributed by atoms with Crippen LogP contribution in [0, 0.1) is 0 Å². The number of rotatable bonds is 5. The standard InChI is InChI=1S/C27H35N9O6/c1-25(2)8-9-42-19-14(4-3-5-15(19)25)21(38)31-17-11-36-23(29)30-16(20-26(36,27(17,40)41)33-22(28)32-20)10-35-18(37)12-34(24(35)39)13-6-7-13/h3-5,13,16-17,20,40-41H,6-12H2,1-2H3,(H2,29,30)(H,31,38)(H3,28,32,33)/p+1/t16-,17?,20-,26-/m0/s1. The third-order valence-electron chi connectivity index (χ3n) is 9.59. The van der Waals surface area contributed by atoms with Gasteiger partial charge in [-0.3, -0.25) is 30.1 Å². The number of benzene rings is 1. The van der Waals surface area contributed by atoms with Gasteiger partial charge in [0.25, 0.3) is 11.6 Å². The molecule has 1 aliphatic carbocycles. The fraction of sp³-hybridized carbons (Fsp3) is 0.593. The lowest BCUT2D eigenvalue weighted by atomic mass is 9.79. The molecule has 42 heavy (non-hydrogen) atoms. The number of urea groups is 1. The Morgan fingerprint density at radius 2 is 2.02 bits per heavy atom. The van der Waals surface area contributed by atoms with Gasteiger partial charge in [0.1, 0.15) is 24.4 Å². The molecule has 15 nitrogen and oxygen atoms in total. The van der Waals surface area contributed by atoms with Crippen LogP contribution in [-0.4, -0.2) is 117 Å². The van der Waals surface area contributed by atoms with Crippen LogP contribution in [0.5, 0.6) is 5.75 Å². The van der Waals surface area contributed by atoms with E-state index in [-0.39, 0.29) is 54.5 Å². The number of aliphatic imine (C=N–C) groups is 1. The van der Waals surface area contributed by atoms with E-state index in [0.29, 0.717) is 12.4 Å². The molecule has 1 aromatic rings. The number of carbonyl (C=O) groups is 3. The summed E-state index contributed by atoms with van der Waals surface area (Å²) >= 11 is 0. The zero-order chi connectivity index (χ0) is 29.8. The van der Waals surface area contributed by atoms with Crippen LogP contribution in [0.3, 0.4) is 0 Å². The molecule has 2 saturated heterocycles. The quantitative estimate of drug-likeness (QED) is 0.132. The summed E-state index contributed by atoms with van der Waals surface area (Å²) < 4.78 is 5.90. The van der Waals surface area contributed by atoms with Crippen LogP contribution >= 0.6 is 0 Å². The number of hydrogen-bond donors (Lipinski definition) is 7. The Kier molecular flexibility index (Phi) is 5.55. The predicted molar refractivity (Wildman–Crippen MR) is 147 cm³/mol. The maximum Gasteiger partial charge on any atom is 0.343 e. The number of imide groups is 1. The first kappa shape index (κ1) is 26.8. The largest absolute Gasteiger partial charge is 0.492 e. The van der Waals surface area contributed by atoms with Crippen LogP contribution in [0.2, 0.25) is 0 Å². The SMILES string of the molecule is CC1(C)CCOc2c(C(=O)NC3CN4C(N)=N[C@@H](CN5C(=O)CN(C6CC6)C5=O)[C@@H]5[NH+]=C(N)N[C@@]54C3(O)O)cccc21. The monoisotopic (exact) mass is 582 g/mol. The van der Waals surface area contributed by atoms with Crippen molar-refractivity contribution in [1.82, 2.24) is 25.3 Å². The maximum absolute atomic E-state index is 13.6. The normalized spacial score (nSPS) is 32.4. The van der Waals surface area contributed by atoms with Crippen molar-refractivity contribution in [2.75, 3.05) is 26.2 Å². The summed E-state index contributed by atoms with van der Waals surface area (Å²) in [5, 5.41) is 29.3. The molecule has 1 saturated carbocycles. The van der Waals surface area contributed by atoms with Crippen molar-refractivity contribution in [1.29, 1.82) is 0 Å². The maximum atomic E-state index is 13.6. The van der Waals surface area contributed by atoms with Crippen molar-refractivity contribution < 1.29 is 34.3 Å². The molecule has 1 unspecified atom stereocenters. The van der Waals surface area contributed by atoms with Gasteiger partial charge in [-0.05, 0) is 30.7 Å². The molecular weight excluding hydrogens is 546 g/mol. The van der Waals surface area contributed by atoms with E-state index in [1.54, 1.807) is 17.0 Å². The van der Waals surface area contributed by atoms with Crippen LogP contribution in [0.4, 0.5) is 4.79 Å². The highest BCUT2D eigenvalue weighted by molar-refractivity contribution is 6.02. The van der Waals surface area contributed by atoms with Gasteiger partial charge in [0.15, 0.2) is 12.0 Å². The Hall–Kier alpha value is -4.11. The predicted octanol–water partition coefficient (Wildman–Crippen LogP) is -3.97. The molecule has 7 rings (SSSR count). The van der Waals surface area contributed by atoms with Crippen LogP contribution in [0.25, 0.3) is 0 Å². The van der Waals surface area contributed by atoms with Crippen molar-refractivity contribution in [2.45, 2.75) is 74.1 Å². The summed E-state index contributed by atoms with van der Waals surface area (Å²) in [5.41, 5.74) is 11.8. The van der Waals surface area contributed by atoms with Gasteiger partial charge >= 0.3 is 12.0 Å². The molecule has 3 fully saturated rings. The van der Waals surface area contributed by atoms with Gasteiger partial charge in [-0.1, -0.05) is 26.0 Å². The van der Waals surface area contributed by atoms with E-state index < -0.39 is 41.5 Å². The number of nitrogens with zero attached hydrogens (tertiary/aromatic N) is 4. The fourth-order valence-corrected chi connectivity index (χ4v) is 7.10. The summed E-state index contributed by atoms with van der Waals surface area (Å²) in [6.07, 6.45) is 2.52. The second-order valence-corrected chi connectivity index (χ2v) is 12.7. The summed E-state index contributed by atoms with van der Waals surface area (Å²) in [7, 11) is 0. The molecule has 5 heterocycles. The van der Waals surface area contributed by atoms with Crippen molar-refractivity contribution >= 4 is 29.8 Å². The van der Waals surface area contributed by atoms with Gasteiger partial charge in [0.05, 0.1) is 25.3 Å². The third kappa shape index (κ3) is 3.62. The van der Waals surface area contributed by atoms with E-state index in [1.807, 2.05) is 6.07 Å². The van der Waals surface area contributed by atoms with Gasteiger partial charge < -0.3 is 30.9 Å². The number of aliphatic hydroxyl groups is 2. The molecule has 224 valence electrons. The number of amides is 4. The number of carbonyl (C=O) groups excluding carboxylic acids is 3. The van der Waals surface area contributed by atoms with E-state index in [9.17, 15) is 24.6 Å². The lowest BCUT2D eigenvalue weighted by Gasteiger charge is -2.46. The number of fused-ring (bicyclic) bond motifs is 1. The Labute approximate surface area is 241 Å². The lowest BCUT2D eigenvalue weighted by molar-refractivity contribution is -0.521. The topological polar surface area (TPSA) is 213 Å². The van der Waals surface area contributed by atoms with Crippen LogP contribution in [0.1, 0.15) is 49.0 Å². The molecule has 0 aromatic heterocycles. The summed E-state index contributed by atoms with van der Waals surface area (Å²) in [6, 6.07) is 1.97. The Balaban J connectivity index is 1.18. The highest BCUT2D eigenvalue weighted by atomic mass is 16.5. The van der Waals surface area contributed by atoms with Crippen LogP contribution < -0.4 is 31.8 Å². The van der Waals surface area contributed by atoms with E-state index in [0.717, 1.165) is 29.7 Å². The molecule has 0 radical (unpaired) electrons. The molecule has 4 atom stereocenters. The van der Waals surface area contributed by atoms with E-state index in [4.69, 9.17) is 16.2 Å². The van der Waals surface area contributed by atoms with Crippen molar-refractivity contribution in [3.8, 4) is 5.75 Å². The number of nitrogens with one attached hydrogen (secondary N) is 3. The van der Waals surface area contributed by atoms with Gasteiger partial charge in [-0.2, -0.15) is 0 Å². The zero-order valence-electron chi connectivity index (χ0n) is 23.5.